The molecule has 0 saturated heterocycles. The maximum absolute atomic E-state index is 5.58. The van der Waals surface area contributed by atoms with Crippen LogP contribution in [0.4, 0.5) is 0 Å². The molecule has 21 heavy (non-hydrogen) atoms. The van der Waals surface area contributed by atoms with Gasteiger partial charge in [-0.25, -0.2) is 0 Å². The third-order valence-corrected chi connectivity index (χ3v) is 4.71. The predicted octanol–water partition coefficient (Wildman–Crippen LogP) is 2.68. The first-order valence-corrected chi connectivity index (χ1v) is 7.96. The number of likely N-dealkylation sites (N-methyl/N-ethyl adjacent to an activating group) is 2. The molecule has 1 unspecified atom stereocenters. The third kappa shape index (κ3) is 3.24. The van der Waals surface area contributed by atoms with E-state index in [0.29, 0.717) is 0 Å². The summed E-state index contributed by atoms with van der Waals surface area (Å²) in [5, 5.41) is 8.04. The van der Waals surface area contributed by atoms with E-state index in [2.05, 4.69) is 54.9 Å². The smallest absolute Gasteiger partial charge is 0.161 e. The summed E-state index contributed by atoms with van der Waals surface area (Å²) in [6, 6.07) is 0.173. The van der Waals surface area contributed by atoms with Gasteiger partial charge in [-0.1, -0.05) is 20.8 Å². The summed E-state index contributed by atoms with van der Waals surface area (Å²) >= 11 is 0. The fraction of sp³-hybridized carbons (Fsp3) is 0.812. The Morgan fingerprint density at radius 1 is 1.33 bits per heavy atom. The molecule has 5 heteroatoms. The number of aryl methyl sites for hydroxylation is 1. The fourth-order valence-corrected chi connectivity index (χ4v) is 3.42. The van der Waals surface area contributed by atoms with Crippen LogP contribution < -0.4 is 10.1 Å². The van der Waals surface area contributed by atoms with Crippen LogP contribution in [0.25, 0.3) is 0 Å². The Balaban J connectivity index is 3.40. The average molecular weight is 296 g/mol. The van der Waals surface area contributed by atoms with E-state index in [0.717, 1.165) is 37.3 Å². The lowest BCUT2D eigenvalue weighted by atomic mass is 9.81. The number of hydrogen-bond donors (Lipinski definition) is 1. The van der Waals surface area contributed by atoms with E-state index in [1.807, 2.05) is 13.2 Å². The molecule has 1 N–H and O–H groups in total. The second-order valence-corrected chi connectivity index (χ2v) is 5.75. The molecule has 1 atom stereocenters. The largest absolute Gasteiger partial charge is 0.493 e. The minimum absolute atomic E-state index is 0.0353. The Hall–Kier alpha value is -1.07. The second-order valence-electron chi connectivity index (χ2n) is 5.75. The van der Waals surface area contributed by atoms with Gasteiger partial charge in [0.05, 0.1) is 25.0 Å². The summed E-state index contributed by atoms with van der Waals surface area (Å²) in [4.78, 5) is 2.33. The second kappa shape index (κ2) is 7.80. The highest BCUT2D eigenvalue weighted by Crippen LogP contribution is 2.39. The Morgan fingerprint density at radius 2 is 1.95 bits per heavy atom. The zero-order valence-electron chi connectivity index (χ0n) is 14.7. The predicted molar refractivity (Wildman–Crippen MR) is 87.9 cm³/mol. The van der Waals surface area contributed by atoms with Gasteiger partial charge in [0.2, 0.25) is 0 Å². The molecular weight excluding hydrogens is 264 g/mol. The summed E-state index contributed by atoms with van der Waals surface area (Å²) in [5.74, 6) is 0.871. The van der Waals surface area contributed by atoms with Crippen LogP contribution in [0.1, 0.15) is 51.8 Å². The Labute approximate surface area is 129 Å². The molecule has 0 aliphatic rings. The van der Waals surface area contributed by atoms with Gasteiger partial charge in [0.25, 0.3) is 0 Å². The van der Waals surface area contributed by atoms with Crippen molar-refractivity contribution in [2.75, 3.05) is 28.3 Å². The van der Waals surface area contributed by atoms with Crippen LogP contribution in [-0.2, 0) is 6.54 Å². The first-order chi connectivity index (χ1) is 10.0. The van der Waals surface area contributed by atoms with E-state index in [4.69, 9.17) is 4.74 Å². The molecular formula is C16H32N4O. The molecule has 0 amide bonds. The van der Waals surface area contributed by atoms with E-state index in [1.54, 1.807) is 7.11 Å². The molecule has 122 valence electrons. The lowest BCUT2D eigenvalue weighted by Gasteiger charge is -2.45. The normalized spacial score (nSPS) is 13.7. The highest BCUT2D eigenvalue weighted by Gasteiger charge is 2.41. The first kappa shape index (κ1) is 18.0. The molecule has 1 rings (SSSR count). The molecule has 0 bridgehead atoms. The highest BCUT2D eigenvalue weighted by atomic mass is 16.5. The van der Waals surface area contributed by atoms with Gasteiger partial charge in [-0.15, -0.1) is 0 Å². The number of hydrogen-bond acceptors (Lipinski definition) is 4. The summed E-state index contributed by atoms with van der Waals surface area (Å²) in [7, 11) is 8.06. The van der Waals surface area contributed by atoms with Crippen LogP contribution in [0.15, 0.2) is 6.20 Å². The van der Waals surface area contributed by atoms with Gasteiger partial charge in [-0.05, 0) is 40.4 Å². The Kier molecular flexibility index (Phi) is 6.68. The number of nitrogens with one attached hydrogen (secondary N) is 1. The van der Waals surface area contributed by atoms with Crippen molar-refractivity contribution in [2.45, 2.75) is 58.2 Å². The maximum atomic E-state index is 5.58. The van der Waals surface area contributed by atoms with Crippen molar-refractivity contribution in [3.05, 3.63) is 11.9 Å². The summed E-state index contributed by atoms with van der Waals surface area (Å²) in [6.07, 6.45) is 5.01. The molecule has 0 aliphatic heterocycles. The summed E-state index contributed by atoms with van der Waals surface area (Å²) < 4.78 is 7.66. The van der Waals surface area contributed by atoms with Crippen molar-refractivity contribution >= 4 is 0 Å². The SMILES string of the molecule is CCCn1ncc(OC)c1C(NC)C(CC)(CC)N(C)C. The number of nitrogens with zero attached hydrogens (tertiary/aromatic N) is 3. The fourth-order valence-electron chi connectivity index (χ4n) is 3.42. The molecule has 5 nitrogen and oxygen atoms in total. The van der Waals surface area contributed by atoms with Gasteiger partial charge in [0, 0.05) is 12.1 Å². The van der Waals surface area contributed by atoms with Crippen LogP contribution >= 0.6 is 0 Å². The standard InChI is InChI=1S/C16H32N4O/c1-8-11-20-14(13(21-7)12-18-20)15(17-4)16(9-2,10-3)19(5)6/h12,15,17H,8-11H2,1-7H3. The van der Waals surface area contributed by atoms with E-state index >= 15 is 0 Å². The zero-order valence-corrected chi connectivity index (χ0v) is 14.7. The van der Waals surface area contributed by atoms with E-state index in [1.165, 1.54) is 0 Å². The topological polar surface area (TPSA) is 42.3 Å². The Morgan fingerprint density at radius 3 is 2.33 bits per heavy atom. The van der Waals surface area contributed by atoms with Crippen molar-refractivity contribution in [1.82, 2.24) is 20.0 Å². The van der Waals surface area contributed by atoms with Crippen molar-refractivity contribution in [3.63, 3.8) is 0 Å². The first-order valence-electron chi connectivity index (χ1n) is 7.96. The van der Waals surface area contributed by atoms with Crippen molar-refractivity contribution in [1.29, 1.82) is 0 Å². The van der Waals surface area contributed by atoms with E-state index in [-0.39, 0.29) is 11.6 Å². The number of aromatic nitrogens is 2. The average Bonchev–Trinajstić information content (AvgIpc) is 2.87. The quantitative estimate of drug-likeness (QED) is 0.761. The monoisotopic (exact) mass is 296 g/mol. The van der Waals surface area contributed by atoms with E-state index < -0.39 is 0 Å². The zero-order chi connectivity index (χ0) is 16.0. The van der Waals surface area contributed by atoms with Gasteiger partial charge in [-0.3, -0.25) is 4.68 Å². The summed E-state index contributed by atoms with van der Waals surface area (Å²) in [6.45, 7) is 7.58. The number of methoxy groups -OCH3 is 1. The van der Waals surface area contributed by atoms with Crippen molar-refractivity contribution in [2.24, 2.45) is 0 Å². The van der Waals surface area contributed by atoms with Crippen LogP contribution in [0, 0.1) is 0 Å². The molecule has 0 saturated carbocycles. The van der Waals surface area contributed by atoms with Crippen LogP contribution in [-0.4, -0.2) is 48.5 Å². The van der Waals surface area contributed by atoms with Gasteiger partial charge in [0.15, 0.2) is 5.75 Å². The van der Waals surface area contributed by atoms with E-state index in [9.17, 15) is 0 Å². The molecule has 0 aromatic carbocycles. The van der Waals surface area contributed by atoms with Crippen LogP contribution in [0.2, 0.25) is 0 Å². The van der Waals surface area contributed by atoms with Gasteiger partial charge >= 0.3 is 0 Å². The molecule has 0 fully saturated rings. The molecule has 1 aromatic rings. The molecule has 1 aromatic heterocycles. The van der Waals surface area contributed by atoms with Crippen molar-refractivity contribution in [3.8, 4) is 5.75 Å². The molecule has 0 aliphatic carbocycles. The molecule has 0 radical (unpaired) electrons. The Bertz CT molecular complexity index is 424. The van der Waals surface area contributed by atoms with Gasteiger partial charge in [0.1, 0.15) is 0 Å². The molecule has 0 spiro atoms. The molecule has 1 heterocycles. The summed E-state index contributed by atoms with van der Waals surface area (Å²) in [5.41, 5.74) is 1.19. The minimum atomic E-state index is 0.0353. The number of ether oxygens (including phenoxy) is 1. The minimum Gasteiger partial charge on any atom is -0.493 e. The van der Waals surface area contributed by atoms with Gasteiger partial charge in [-0.2, -0.15) is 5.10 Å². The number of rotatable bonds is 9. The van der Waals surface area contributed by atoms with Crippen molar-refractivity contribution < 1.29 is 4.74 Å². The lowest BCUT2D eigenvalue weighted by molar-refractivity contribution is 0.0862. The highest BCUT2D eigenvalue weighted by molar-refractivity contribution is 5.31. The van der Waals surface area contributed by atoms with Crippen LogP contribution in [0.3, 0.4) is 0 Å². The maximum Gasteiger partial charge on any atom is 0.161 e. The lowest BCUT2D eigenvalue weighted by Crippen LogP contribution is -2.53. The third-order valence-electron chi connectivity index (χ3n) is 4.71. The van der Waals surface area contributed by atoms with Crippen LogP contribution in [0.5, 0.6) is 5.75 Å². The van der Waals surface area contributed by atoms with Gasteiger partial charge < -0.3 is 15.0 Å².